The van der Waals surface area contributed by atoms with Crippen LogP contribution in [0.4, 0.5) is 0 Å². The summed E-state index contributed by atoms with van der Waals surface area (Å²) in [7, 11) is -3.35. The molecule has 1 rings (SSSR count). The van der Waals surface area contributed by atoms with Gasteiger partial charge in [0.05, 0.1) is 0 Å². The van der Waals surface area contributed by atoms with Crippen LogP contribution < -0.4 is 5.73 Å². The second kappa shape index (κ2) is 6.03. The lowest BCUT2D eigenvalue weighted by atomic mass is 10.0. The highest BCUT2D eigenvalue weighted by atomic mass is 31.2. The molecule has 20 heavy (non-hydrogen) atoms. The van der Waals surface area contributed by atoms with Gasteiger partial charge in [-0.05, 0) is 24.5 Å². The Morgan fingerprint density at radius 3 is 2.55 bits per heavy atom. The lowest BCUT2D eigenvalue weighted by molar-refractivity contribution is -0.138. The van der Waals surface area contributed by atoms with E-state index < -0.39 is 24.9 Å². The highest BCUT2D eigenvalue weighted by Gasteiger charge is 2.44. The van der Waals surface area contributed by atoms with Crippen molar-refractivity contribution in [1.82, 2.24) is 0 Å². The van der Waals surface area contributed by atoms with Gasteiger partial charge in [-0.15, -0.1) is 0 Å². The maximum Gasteiger partial charge on any atom is 0.361 e. The monoisotopic (exact) mass is 303 g/mol. The Balaban J connectivity index is 3.15. The van der Waals surface area contributed by atoms with E-state index in [9.17, 15) is 19.1 Å². The molecule has 0 aliphatic rings. The zero-order valence-corrected chi connectivity index (χ0v) is 12.1. The Hall–Kier alpha value is -1.24. The minimum absolute atomic E-state index is 0.0596. The third kappa shape index (κ3) is 3.45. The molecule has 0 aliphatic carbocycles. The quantitative estimate of drug-likeness (QED) is 0.567. The van der Waals surface area contributed by atoms with Crippen LogP contribution in [-0.2, 0) is 25.9 Å². The molecule has 0 aromatic heterocycles. The molecule has 0 saturated heterocycles. The summed E-state index contributed by atoms with van der Waals surface area (Å²) < 4.78 is 16.6. The molecule has 0 aliphatic heterocycles. The van der Waals surface area contributed by atoms with Crippen molar-refractivity contribution in [3.63, 3.8) is 0 Å². The lowest BCUT2D eigenvalue weighted by Gasteiger charge is -2.29. The maximum absolute atomic E-state index is 11.6. The average molecular weight is 303 g/mol. The standard InChI is InChI=1S/C12H18NO6P/c1-12(19-2,20(16,17)18)9-5-3-4-8(6-9)7-10(13)11(14)15/h3-6,10H,7,13H2,1-2H3,(H,14,15)(H2,16,17,18)/t10-,12?/m0/s1. The number of carboxylic acids is 1. The number of aliphatic carboxylic acids is 1. The van der Waals surface area contributed by atoms with Gasteiger partial charge in [0, 0.05) is 7.11 Å². The number of benzene rings is 1. The van der Waals surface area contributed by atoms with E-state index in [-0.39, 0.29) is 12.0 Å². The minimum Gasteiger partial charge on any atom is -0.480 e. The molecule has 5 N–H and O–H groups in total. The van der Waals surface area contributed by atoms with Crippen molar-refractivity contribution in [1.29, 1.82) is 0 Å². The maximum atomic E-state index is 11.6. The van der Waals surface area contributed by atoms with Crippen LogP contribution in [0.3, 0.4) is 0 Å². The van der Waals surface area contributed by atoms with E-state index in [1.165, 1.54) is 26.2 Å². The van der Waals surface area contributed by atoms with Crippen molar-refractivity contribution < 1.29 is 29.0 Å². The molecule has 0 saturated carbocycles. The summed E-state index contributed by atoms with van der Waals surface area (Å²) in [4.78, 5) is 29.6. The smallest absolute Gasteiger partial charge is 0.361 e. The zero-order chi connectivity index (χ0) is 15.6. The van der Waals surface area contributed by atoms with Gasteiger partial charge < -0.3 is 25.4 Å². The van der Waals surface area contributed by atoms with Crippen LogP contribution in [0.25, 0.3) is 0 Å². The Labute approximate surface area is 116 Å². The first-order valence-electron chi connectivity index (χ1n) is 5.80. The first kappa shape index (κ1) is 16.8. The van der Waals surface area contributed by atoms with Gasteiger partial charge in [0.15, 0.2) is 5.34 Å². The molecule has 0 amide bonds. The third-order valence-electron chi connectivity index (χ3n) is 3.19. The normalized spacial score (nSPS) is 16.4. The predicted molar refractivity (Wildman–Crippen MR) is 72.2 cm³/mol. The molecule has 1 aromatic carbocycles. The molecule has 1 unspecified atom stereocenters. The Bertz CT molecular complexity index is 543. The molecule has 7 nitrogen and oxygen atoms in total. The number of rotatable bonds is 6. The van der Waals surface area contributed by atoms with Crippen LogP contribution in [0.15, 0.2) is 24.3 Å². The van der Waals surface area contributed by atoms with Gasteiger partial charge in [-0.3, -0.25) is 9.36 Å². The number of methoxy groups -OCH3 is 1. The van der Waals surface area contributed by atoms with Crippen molar-refractivity contribution in [2.24, 2.45) is 5.73 Å². The van der Waals surface area contributed by atoms with Crippen molar-refractivity contribution >= 4 is 13.6 Å². The lowest BCUT2D eigenvalue weighted by Crippen LogP contribution is -2.32. The molecule has 1 aromatic rings. The third-order valence-corrected chi connectivity index (χ3v) is 4.74. The predicted octanol–water partition coefficient (Wildman–Crippen LogP) is 0.638. The minimum atomic E-state index is -4.55. The molecule has 0 bridgehead atoms. The molecule has 0 spiro atoms. The Morgan fingerprint density at radius 1 is 1.50 bits per heavy atom. The molecule has 2 atom stereocenters. The Kier molecular flexibility index (Phi) is 5.07. The molecular weight excluding hydrogens is 285 g/mol. The highest BCUT2D eigenvalue weighted by Crippen LogP contribution is 2.57. The fourth-order valence-electron chi connectivity index (χ4n) is 1.73. The molecule has 0 radical (unpaired) electrons. The average Bonchev–Trinajstić information content (AvgIpc) is 2.36. The van der Waals surface area contributed by atoms with Gasteiger partial charge in [-0.2, -0.15) is 0 Å². The summed E-state index contributed by atoms with van der Waals surface area (Å²) in [5, 5.41) is 6.99. The van der Waals surface area contributed by atoms with E-state index in [1.807, 2.05) is 0 Å². The zero-order valence-electron chi connectivity index (χ0n) is 11.2. The summed E-state index contributed by atoms with van der Waals surface area (Å²) in [6.45, 7) is 1.28. The summed E-state index contributed by atoms with van der Waals surface area (Å²) in [5.74, 6) is -1.14. The summed E-state index contributed by atoms with van der Waals surface area (Å²) >= 11 is 0. The van der Waals surface area contributed by atoms with E-state index >= 15 is 0 Å². The second-order valence-electron chi connectivity index (χ2n) is 4.58. The second-order valence-corrected chi connectivity index (χ2v) is 6.52. The fraction of sp³-hybridized carbons (Fsp3) is 0.417. The largest absolute Gasteiger partial charge is 0.480 e. The highest BCUT2D eigenvalue weighted by molar-refractivity contribution is 7.52. The van der Waals surface area contributed by atoms with Gasteiger partial charge in [0.2, 0.25) is 0 Å². The number of ether oxygens (including phenoxy) is 1. The summed E-state index contributed by atoms with van der Waals surface area (Å²) in [6.07, 6.45) is 0.0596. The number of nitrogens with two attached hydrogens (primary N) is 1. The van der Waals surface area contributed by atoms with E-state index in [0.29, 0.717) is 5.56 Å². The van der Waals surface area contributed by atoms with Crippen LogP contribution in [-0.4, -0.2) is 34.0 Å². The van der Waals surface area contributed by atoms with Crippen LogP contribution in [0.1, 0.15) is 18.1 Å². The Morgan fingerprint density at radius 2 is 2.10 bits per heavy atom. The summed E-state index contributed by atoms with van der Waals surface area (Å²) in [5.41, 5.74) is 6.27. The van der Waals surface area contributed by atoms with E-state index in [0.717, 1.165) is 0 Å². The summed E-state index contributed by atoms with van der Waals surface area (Å²) in [6, 6.07) is 5.15. The fourth-order valence-corrected chi connectivity index (χ4v) is 2.45. The van der Waals surface area contributed by atoms with Crippen LogP contribution in [0.2, 0.25) is 0 Å². The topological polar surface area (TPSA) is 130 Å². The molecule has 0 fully saturated rings. The van der Waals surface area contributed by atoms with Crippen molar-refractivity contribution in [3.05, 3.63) is 35.4 Å². The van der Waals surface area contributed by atoms with E-state index in [4.69, 9.17) is 15.6 Å². The van der Waals surface area contributed by atoms with Crippen molar-refractivity contribution in [2.45, 2.75) is 24.7 Å². The number of carbonyl (C=O) groups is 1. The van der Waals surface area contributed by atoms with E-state index in [1.54, 1.807) is 12.1 Å². The number of hydrogen-bond acceptors (Lipinski definition) is 4. The van der Waals surface area contributed by atoms with Gasteiger partial charge in [-0.25, -0.2) is 0 Å². The first-order chi connectivity index (χ1) is 9.11. The van der Waals surface area contributed by atoms with Crippen LogP contribution in [0, 0.1) is 0 Å². The van der Waals surface area contributed by atoms with Crippen LogP contribution in [0.5, 0.6) is 0 Å². The molecular formula is C12H18NO6P. The van der Waals surface area contributed by atoms with Gasteiger partial charge in [0.1, 0.15) is 6.04 Å². The van der Waals surface area contributed by atoms with Gasteiger partial charge in [-0.1, -0.05) is 24.3 Å². The van der Waals surface area contributed by atoms with Gasteiger partial charge >= 0.3 is 13.6 Å². The number of carboxylic acid groups (broad SMARTS) is 1. The first-order valence-corrected chi connectivity index (χ1v) is 7.41. The van der Waals surface area contributed by atoms with Gasteiger partial charge in [0.25, 0.3) is 0 Å². The molecule has 0 heterocycles. The number of hydrogen-bond donors (Lipinski definition) is 4. The molecule has 8 heteroatoms. The molecule has 112 valence electrons. The van der Waals surface area contributed by atoms with E-state index in [2.05, 4.69) is 0 Å². The SMILES string of the molecule is COC(C)(c1cccc(C[C@H](N)C(=O)O)c1)P(=O)(O)O. The van der Waals surface area contributed by atoms with Crippen molar-refractivity contribution in [3.8, 4) is 0 Å². The van der Waals surface area contributed by atoms with Crippen molar-refractivity contribution in [2.75, 3.05) is 7.11 Å². The van der Waals surface area contributed by atoms with Crippen LogP contribution >= 0.6 is 7.60 Å².